The highest BCUT2D eigenvalue weighted by Crippen LogP contribution is 2.14. The molecule has 7 heteroatoms. The molecule has 1 fully saturated rings. The van der Waals surface area contributed by atoms with Gasteiger partial charge in [0.05, 0.1) is 17.4 Å². The topological polar surface area (TPSA) is 79.6 Å². The van der Waals surface area contributed by atoms with Crippen molar-refractivity contribution in [2.24, 2.45) is 5.10 Å². The summed E-state index contributed by atoms with van der Waals surface area (Å²) in [6, 6.07) is 7.25. The number of carbonyl (C=O) groups is 1. The zero-order chi connectivity index (χ0) is 17.6. The minimum absolute atomic E-state index is 0.0861. The predicted octanol–water partition coefficient (Wildman–Crippen LogP) is 1.50. The number of nitrogens with zero attached hydrogens (tertiary/aromatic N) is 4. The fourth-order valence-corrected chi connectivity index (χ4v) is 3.13. The number of hydrogen-bond acceptors (Lipinski definition) is 5. The number of hydrazone groups is 1. The minimum atomic E-state index is -0.336. The van der Waals surface area contributed by atoms with Crippen LogP contribution in [0.15, 0.2) is 34.2 Å². The second kappa shape index (κ2) is 8.02. The van der Waals surface area contributed by atoms with Gasteiger partial charge in [-0.1, -0.05) is 18.6 Å². The van der Waals surface area contributed by atoms with Gasteiger partial charge in [0.15, 0.2) is 0 Å². The number of benzene rings is 1. The molecule has 25 heavy (non-hydrogen) atoms. The number of likely N-dealkylation sites (tertiary alicyclic amines) is 1. The zero-order valence-electron chi connectivity index (χ0n) is 14.4. The Morgan fingerprint density at radius 3 is 2.80 bits per heavy atom. The first-order valence-electron chi connectivity index (χ1n) is 8.66. The molecule has 0 unspecified atom stereocenters. The van der Waals surface area contributed by atoms with Gasteiger partial charge in [-0.3, -0.25) is 19.1 Å². The van der Waals surface area contributed by atoms with E-state index in [2.05, 4.69) is 20.4 Å². The molecule has 1 aliphatic heterocycles. The standard InChI is InChI=1S/C18H23N5O2/c1-2-19-21-17(24)13-23-16(12-22-10-6-3-7-11-22)20-15-9-5-4-8-14(15)18(23)25/h2,4-5,8-9H,3,6-7,10-13H2,1H3,(H,21,24)/b19-2-. The van der Waals surface area contributed by atoms with Crippen molar-refractivity contribution >= 4 is 23.0 Å². The molecule has 0 radical (unpaired) electrons. The van der Waals surface area contributed by atoms with Crippen LogP contribution in [-0.4, -0.2) is 39.7 Å². The number of piperidine rings is 1. The summed E-state index contributed by atoms with van der Waals surface area (Å²) in [7, 11) is 0. The molecule has 0 saturated carbocycles. The lowest BCUT2D eigenvalue weighted by Gasteiger charge is -2.27. The molecule has 2 aromatic rings. The first kappa shape index (κ1) is 17.3. The maximum absolute atomic E-state index is 12.9. The molecule has 1 saturated heterocycles. The van der Waals surface area contributed by atoms with Gasteiger partial charge < -0.3 is 0 Å². The quantitative estimate of drug-likeness (QED) is 0.660. The van der Waals surface area contributed by atoms with E-state index in [4.69, 9.17) is 0 Å². The molecule has 1 N–H and O–H groups in total. The van der Waals surface area contributed by atoms with Gasteiger partial charge in [0.25, 0.3) is 11.5 Å². The third-order valence-electron chi connectivity index (χ3n) is 4.37. The Morgan fingerprint density at radius 1 is 1.28 bits per heavy atom. The fourth-order valence-electron chi connectivity index (χ4n) is 3.13. The van der Waals surface area contributed by atoms with E-state index in [-0.39, 0.29) is 18.0 Å². The van der Waals surface area contributed by atoms with Crippen molar-refractivity contribution in [2.75, 3.05) is 13.1 Å². The number of para-hydroxylation sites is 1. The van der Waals surface area contributed by atoms with Gasteiger partial charge in [-0.25, -0.2) is 10.4 Å². The number of nitrogens with one attached hydrogen (secondary N) is 1. The van der Waals surface area contributed by atoms with Gasteiger partial charge in [-0.2, -0.15) is 5.10 Å². The largest absolute Gasteiger partial charge is 0.296 e. The SMILES string of the molecule is C/C=N\NC(=O)Cn1c(CN2CCCCC2)nc2ccccc2c1=O. The Bertz CT molecular complexity index is 837. The summed E-state index contributed by atoms with van der Waals surface area (Å²) in [5.41, 5.74) is 2.90. The molecule has 0 spiro atoms. The number of aromatic nitrogens is 2. The van der Waals surface area contributed by atoms with Crippen molar-refractivity contribution in [1.29, 1.82) is 0 Å². The third-order valence-corrected chi connectivity index (χ3v) is 4.37. The van der Waals surface area contributed by atoms with Gasteiger partial charge in [-0.15, -0.1) is 0 Å². The molecule has 0 bridgehead atoms. The highest BCUT2D eigenvalue weighted by atomic mass is 16.2. The molecule has 1 aliphatic rings. The van der Waals surface area contributed by atoms with Gasteiger partial charge >= 0.3 is 0 Å². The van der Waals surface area contributed by atoms with Crippen molar-refractivity contribution in [2.45, 2.75) is 39.3 Å². The molecule has 0 atom stereocenters. The van der Waals surface area contributed by atoms with Crippen LogP contribution in [0.1, 0.15) is 32.0 Å². The first-order chi connectivity index (χ1) is 12.2. The lowest BCUT2D eigenvalue weighted by molar-refractivity contribution is -0.121. The van der Waals surface area contributed by atoms with Crippen LogP contribution in [-0.2, 0) is 17.9 Å². The van der Waals surface area contributed by atoms with Crippen LogP contribution in [0.3, 0.4) is 0 Å². The average Bonchev–Trinajstić information content (AvgIpc) is 2.64. The van der Waals surface area contributed by atoms with Crippen molar-refractivity contribution in [3.05, 3.63) is 40.4 Å². The van der Waals surface area contributed by atoms with Crippen molar-refractivity contribution in [3.63, 3.8) is 0 Å². The van der Waals surface area contributed by atoms with Crippen LogP contribution >= 0.6 is 0 Å². The molecule has 7 nitrogen and oxygen atoms in total. The first-order valence-corrected chi connectivity index (χ1v) is 8.66. The van der Waals surface area contributed by atoms with Crippen LogP contribution in [0.4, 0.5) is 0 Å². The van der Waals surface area contributed by atoms with Gasteiger partial charge in [0, 0.05) is 6.21 Å². The lowest BCUT2D eigenvalue weighted by atomic mass is 10.1. The molecule has 1 amide bonds. The second-order valence-corrected chi connectivity index (χ2v) is 6.20. The summed E-state index contributed by atoms with van der Waals surface area (Å²) in [6.07, 6.45) is 5.05. The molecular weight excluding hydrogens is 318 g/mol. The third kappa shape index (κ3) is 4.11. The van der Waals surface area contributed by atoms with Crippen LogP contribution in [0.25, 0.3) is 10.9 Å². The smallest absolute Gasteiger partial charge is 0.261 e. The maximum Gasteiger partial charge on any atom is 0.261 e. The van der Waals surface area contributed by atoms with Crippen LogP contribution in [0, 0.1) is 0 Å². The van der Waals surface area contributed by atoms with Gasteiger partial charge in [0.2, 0.25) is 0 Å². The second-order valence-electron chi connectivity index (χ2n) is 6.20. The number of amides is 1. The van der Waals surface area contributed by atoms with Crippen LogP contribution in [0.2, 0.25) is 0 Å². The summed E-state index contributed by atoms with van der Waals surface area (Å²) in [5, 5.41) is 4.26. The lowest BCUT2D eigenvalue weighted by Crippen LogP contribution is -2.36. The molecule has 2 heterocycles. The van der Waals surface area contributed by atoms with E-state index in [9.17, 15) is 9.59 Å². The van der Waals surface area contributed by atoms with Crippen molar-refractivity contribution < 1.29 is 4.79 Å². The molecular formula is C18H23N5O2. The van der Waals surface area contributed by atoms with Crippen LogP contribution < -0.4 is 11.0 Å². The monoisotopic (exact) mass is 341 g/mol. The Morgan fingerprint density at radius 2 is 2.04 bits per heavy atom. The fraction of sp³-hybridized carbons (Fsp3) is 0.444. The van der Waals surface area contributed by atoms with E-state index in [0.29, 0.717) is 23.3 Å². The molecule has 1 aromatic heterocycles. The Kier molecular flexibility index (Phi) is 5.55. The highest BCUT2D eigenvalue weighted by molar-refractivity contribution is 5.79. The molecule has 132 valence electrons. The number of fused-ring (bicyclic) bond motifs is 1. The minimum Gasteiger partial charge on any atom is -0.296 e. The Labute approximate surface area is 146 Å². The molecule has 1 aromatic carbocycles. The van der Waals surface area contributed by atoms with Crippen LogP contribution in [0.5, 0.6) is 0 Å². The maximum atomic E-state index is 12.9. The predicted molar refractivity (Wildman–Crippen MR) is 97.4 cm³/mol. The number of hydrogen-bond donors (Lipinski definition) is 1. The Balaban J connectivity index is 1.97. The summed E-state index contributed by atoms with van der Waals surface area (Å²) < 4.78 is 1.47. The van der Waals surface area contributed by atoms with E-state index in [1.807, 2.05) is 18.2 Å². The normalized spacial score (nSPS) is 15.7. The summed E-state index contributed by atoms with van der Waals surface area (Å²) in [5.74, 6) is 0.290. The molecule has 3 rings (SSSR count). The Hall–Kier alpha value is -2.54. The van der Waals surface area contributed by atoms with E-state index in [1.54, 1.807) is 13.0 Å². The molecule has 0 aliphatic carbocycles. The van der Waals surface area contributed by atoms with Crippen molar-refractivity contribution in [3.8, 4) is 0 Å². The van der Waals surface area contributed by atoms with E-state index in [1.165, 1.54) is 17.2 Å². The summed E-state index contributed by atoms with van der Waals surface area (Å²) in [4.78, 5) is 31.9. The van der Waals surface area contributed by atoms with E-state index < -0.39 is 0 Å². The van der Waals surface area contributed by atoms with Gasteiger partial charge in [-0.05, 0) is 45.0 Å². The number of rotatable bonds is 5. The summed E-state index contributed by atoms with van der Waals surface area (Å²) in [6.45, 7) is 4.19. The average molecular weight is 341 g/mol. The number of carbonyl (C=O) groups excluding carboxylic acids is 1. The zero-order valence-corrected chi connectivity index (χ0v) is 14.4. The summed E-state index contributed by atoms with van der Waals surface area (Å²) >= 11 is 0. The van der Waals surface area contributed by atoms with E-state index in [0.717, 1.165) is 25.9 Å². The van der Waals surface area contributed by atoms with E-state index >= 15 is 0 Å². The van der Waals surface area contributed by atoms with Gasteiger partial charge in [0.1, 0.15) is 12.4 Å². The van der Waals surface area contributed by atoms with Crippen molar-refractivity contribution in [1.82, 2.24) is 19.9 Å². The highest BCUT2D eigenvalue weighted by Gasteiger charge is 2.17.